The lowest BCUT2D eigenvalue weighted by molar-refractivity contribution is -0.121. The molecule has 1 aromatic rings. The van der Waals surface area contributed by atoms with Crippen molar-refractivity contribution >= 4 is 41.8 Å². The minimum absolute atomic E-state index is 0. The maximum atomic E-state index is 11.8. The minimum atomic E-state index is -0.526. The van der Waals surface area contributed by atoms with Crippen molar-refractivity contribution in [2.75, 3.05) is 20.2 Å². The molecule has 146 valence electrons. The largest absolute Gasteiger partial charge is 0.484 e. The summed E-state index contributed by atoms with van der Waals surface area (Å²) in [5.41, 5.74) is 5.72. The number of nitrogens with one attached hydrogen (secondary N) is 3. The van der Waals surface area contributed by atoms with Gasteiger partial charge in [-0.05, 0) is 38.5 Å². The van der Waals surface area contributed by atoms with E-state index in [9.17, 15) is 9.59 Å². The number of carbonyl (C=O) groups excluding carboxylic acids is 2. The average Bonchev–Trinajstić information content (AvgIpc) is 2.52. The summed E-state index contributed by atoms with van der Waals surface area (Å²) in [5, 5.41) is 8.92. The number of nitrogens with two attached hydrogens (primary N) is 1. The molecule has 0 aromatic heterocycles. The third-order valence-corrected chi connectivity index (χ3v) is 2.89. The molecular weight excluding hydrogens is 449 g/mol. The van der Waals surface area contributed by atoms with E-state index in [1.165, 1.54) is 0 Å². The van der Waals surface area contributed by atoms with E-state index in [0.29, 0.717) is 18.3 Å². The third-order valence-electron chi connectivity index (χ3n) is 2.89. The molecule has 0 saturated heterocycles. The molecule has 1 aromatic carbocycles. The number of ether oxygens (including phenoxy) is 1. The van der Waals surface area contributed by atoms with E-state index in [2.05, 4.69) is 20.9 Å². The standard InChI is InChI=1S/C17H27N5O3.HI/c1-17(2,3)22-15(24)10-21-16(19-4)20-9-12-6-5-7-13(8-12)25-11-14(18)23;/h5-8H,9-11H2,1-4H3,(H2,18,23)(H,22,24)(H2,19,20,21);1H. The molecule has 0 aliphatic rings. The zero-order valence-corrected chi connectivity index (χ0v) is 17.9. The molecule has 0 aliphatic heterocycles. The molecular formula is C17H28IN5O3. The van der Waals surface area contributed by atoms with Crippen molar-refractivity contribution in [2.24, 2.45) is 10.7 Å². The lowest BCUT2D eigenvalue weighted by Gasteiger charge is -2.21. The SMILES string of the molecule is CN=C(NCC(=O)NC(C)(C)C)NCc1cccc(OCC(N)=O)c1.I. The normalized spacial score (nSPS) is 11.2. The molecule has 0 aliphatic carbocycles. The Kier molecular flexibility index (Phi) is 10.6. The zero-order valence-electron chi connectivity index (χ0n) is 15.6. The maximum absolute atomic E-state index is 11.8. The van der Waals surface area contributed by atoms with Gasteiger partial charge in [0.2, 0.25) is 5.91 Å². The topological polar surface area (TPSA) is 118 Å². The number of amides is 2. The predicted octanol–water partition coefficient (Wildman–Crippen LogP) is 0.748. The number of aliphatic imine (C=N–C) groups is 1. The fourth-order valence-corrected chi connectivity index (χ4v) is 1.93. The molecule has 5 N–H and O–H groups in total. The van der Waals surface area contributed by atoms with E-state index in [1.54, 1.807) is 19.2 Å². The first kappa shape index (κ1) is 24.0. The quantitative estimate of drug-likeness (QED) is 0.263. The molecule has 0 atom stereocenters. The fraction of sp³-hybridized carbons (Fsp3) is 0.471. The van der Waals surface area contributed by atoms with Crippen LogP contribution in [-0.4, -0.2) is 43.5 Å². The van der Waals surface area contributed by atoms with Gasteiger partial charge in [0, 0.05) is 19.1 Å². The van der Waals surface area contributed by atoms with Gasteiger partial charge in [-0.2, -0.15) is 0 Å². The highest BCUT2D eigenvalue weighted by Gasteiger charge is 2.13. The summed E-state index contributed by atoms with van der Waals surface area (Å²) in [4.78, 5) is 26.6. The van der Waals surface area contributed by atoms with Gasteiger partial charge >= 0.3 is 0 Å². The molecule has 1 rings (SSSR count). The Bertz CT molecular complexity index is 629. The maximum Gasteiger partial charge on any atom is 0.255 e. The summed E-state index contributed by atoms with van der Waals surface area (Å²) in [5.74, 6) is 0.428. The Hall–Kier alpha value is -2.04. The van der Waals surface area contributed by atoms with Crippen molar-refractivity contribution in [2.45, 2.75) is 32.9 Å². The van der Waals surface area contributed by atoms with E-state index < -0.39 is 5.91 Å². The van der Waals surface area contributed by atoms with Crippen LogP contribution in [0.5, 0.6) is 5.75 Å². The second kappa shape index (κ2) is 11.6. The van der Waals surface area contributed by atoms with Gasteiger partial charge in [0.25, 0.3) is 5.91 Å². The van der Waals surface area contributed by atoms with Crippen molar-refractivity contribution in [1.29, 1.82) is 0 Å². The number of primary amides is 1. The van der Waals surface area contributed by atoms with Gasteiger partial charge < -0.3 is 26.4 Å². The number of rotatable bonds is 7. The predicted molar refractivity (Wildman–Crippen MR) is 113 cm³/mol. The molecule has 8 nitrogen and oxygen atoms in total. The smallest absolute Gasteiger partial charge is 0.255 e. The summed E-state index contributed by atoms with van der Waals surface area (Å²) >= 11 is 0. The first-order valence-corrected chi connectivity index (χ1v) is 7.95. The minimum Gasteiger partial charge on any atom is -0.484 e. The van der Waals surface area contributed by atoms with Gasteiger partial charge in [-0.25, -0.2) is 0 Å². The summed E-state index contributed by atoms with van der Waals surface area (Å²) in [6.07, 6.45) is 0. The summed E-state index contributed by atoms with van der Waals surface area (Å²) in [6.45, 7) is 6.21. The summed E-state index contributed by atoms with van der Waals surface area (Å²) in [6, 6.07) is 7.27. The van der Waals surface area contributed by atoms with Crippen LogP contribution in [0.4, 0.5) is 0 Å². The van der Waals surface area contributed by atoms with Crippen LogP contribution in [0.3, 0.4) is 0 Å². The highest BCUT2D eigenvalue weighted by atomic mass is 127. The number of nitrogens with zero attached hydrogens (tertiary/aromatic N) is 1. The Morgan fingerprint density at radius 2 is 1.92 bits per heavy atom. The monoisotopic (exact) mass is 477 g/mol. The second-order valence-electron chi connectivity index (χ2n) is 6.48. The van der Waals surface area contributed by atoms with Crippen LogP contribution in [0.2, 0.25) is 0 Å². The van der Waals surface area contributed by atoms with E-state index in [1.807, 2.05) is 32.9 Å². The number of hydrogen-bond donors (Lipinski definition) is 4. The lowest BCUT2D eigenvalue weighted by Crippen LogP contribution is -2.48. The Morgan fingerprint density at radius 3 is 2.50 bits per heavy atom. The van der Waals surface area contributed by atoms with Gasteiger partial charge in [0.05, 0.1) is 6.54 Å². The molecule has 0 saturated carbocycles. The van der Waals surface area contributed by atoms with Crippen molar-refractivity contribution in [3.05, 3.63) is 29.8 Å². The van der Waals surface area contributed by atoms with Gasteiger partial charge in [-0.15, -0.1) is 24.0 Å². The van der Waals surface area contributed by atoms with E-state index in [4.69, 9.17) is 10.5 Å². The Morgan fingerprint density at radius 1 is 1.23 bits per heavy atom. The average molecular weight is 477 g/mol. The molecule has 2 amide bonds. The van der Waals surface area contributed by atoms with Crippen LogP contribution in [0, 0.1) is 0 Å². The molecule has 0 spiro atoms. The van der Waals surface area contributed by atoms with Crippen molar-refractivity contribution in [1.82, 2.24) is 16.0 Å². The first-order chi connectivity index (χ1) is 11.7. The number of guanidine groups is 1. The van der Waals surface area contributed by atoms with Gasteiger partial charge in [0.15, 0.2) is 12.6 Å². The fourth-order valence-electron chi connectivity index (χ4n) is 1.93. The molecule has 0 fully saturated rings. The zero-order chi connectivity index (χ0) is 18.9. The van der Waals surface area contributed by atoms with Crippen molar-refractivity contribution in [3.8, 4) is 5.75 Å². The third kappa shape index (κ3) is 10.7. The second-order valence-corrected chi connectivity index (χ2v) is 6.48. The molecule has 26 heavy (non-hydrogen) atoms. The number of benzene rings is 1. The van der Waals surface area contributed by atoms with Gasteiger partial charge in [-0.3, -0.25) is 14.6 Å². The van der Waals surface area contributed by atoms with Crippen LogP contribution in [0.1, 0.15) is 26.3 Å². The molecule has 0 radical (unpaired) electrons. The molecule has 0 unspecified atom stereocenters. The summed E-state index contributed by atoms with van der Waals surface area (Å²) in [7, 11) is 1.63. The summed E-state index contributed by atoms with van der Waals surface area (Å²) < 4.78 is 5.27. The van der Waals surface area contributed by atoms with Crippen LogP contribution in [-0.2, 0) is 16.1 Å². The van der Waals surface area contributed by atoms with Crippen LogP contribution < -0.4 is 26.4 Å². The van der Waals surface area contributed by atoms with Crippen LogP contribution in [0.25, 0.3) is 0 Å². The number of hydrogen-bond acceptors (Lipinski definition) is 4. The van der Waals surface area contributed by atoms with E-state index in [-0.39, 0.29) is 48.6 Å². The van der Waals surface area contributed by atoms with Crippen molar-refractivity contribution < 1.29 is 14.3 Å². The number of halogens is 1. The molecule has 0 heterocycles. The van der Waals surface area contributed by atoms with Crippen LogP contribution in [0.15, 0.2) is 29.3 Å². The molecule has 9 heteroatoms. The highest BCUT2D eigenvalue weighted by Crippen LogP contribution is 2.12. The van der Waals surface area contributed by atoms with Crippen molar-refractivity contribution in [3.63, 3.8) is 0 Å². The molecule has 0 bridgehead atoms. The Labute approximate surface area is 171 Å². The lowest BCUT2D eigenvalue weighted by atomic mass is 10.1. The number of carbonyl (C=O) groups is 2. The van der Waals surface area contributed by atoms with Crippen LogP contribution >= 0.6 is 24.0 Å². The Balaban J connectivity index is 0.00000625. The van der Waals surface area contributed by atoms with Gasteiger partial charge in [-0.1, -0.05) is 12.1 Å². The van der Waals surface area contributed by atoms with E-state index in [0.717, 1.165) is 5.56 Å². The van der Waals surface area contributed by atoms with Gasteiger partial charge in [0.1, 0.15) is 5.75 Å². The first-order valence-electron chi connectivity index (χ1n) is 7.95. The van der Waals surface area contributed by atoms with E-state index >= 15 is 0 Å². The highest BCUT2D eigenvalue weighted by molar-refractivity contribution is 14.0.